The molecular weight excluding hydrogens is 414 g/mol. The zero-order valence-corrected chi connectivity index (χ0v) is 17.3. The lowest BCUT2D eigenvalue weighted by atomic mass is 10.2. The van der Waals surface area contributed by atoms with Crippen LogP contribution in [0.25, 0.3) is 0 Å². The van der Waals surface area contributed by atoms with Crippen LogP contribution in [0.2, 0.25) is 0 Å². The van der Waals surface area contributed by atoms with Crippen LogP contribution in [0.3, 0.4) is 0 Å². The number of amides is 2. The van der Waals surface area contributed by atoms with Gasteiger partial charge in [-0.05, 0) is 48.9 Å². The molecule has 32 heavy (non-hydrogen) atoms. The van der Waals surface area contributed by atoms with Crippen molar-refractivity contribution in [3.8, 4) is 0 Å². The predicted molar refractivity (Wildman–Crippen MR) is 117 cm³/mol. The second-order valence-electron chi connectivity index (χ2n) is 7.45. The first-order valence-corrected chi connectivity index (χ1v) is 10.3. The highest BCUT2D eigenvalue weighted by molar-refractivity contribution is 5.99. The first-order chi connectivity index (χ1) is 15.5. The lowest BCUT2D eigenvalue weighted by Crippen LogP contribution is -2.37. The minimum atomic E-state index is -0.557. The SMILES string of the molecule is O=C(c1ccccc1F)N1CCCN(C(=O)c2cccnc2Nc2cccc(F)c2)CC1. The number of nitrogens with one attached hydrogen (secondary N) is 1. The Kier molecular flexibility index (Phi) is 6.39. The maximum absolute atomic E-state index is 14.0. The van der Waals surface area contributed by atoms with Crippen LogP contribution in [-0.2, 0) is 0 Å². The summed E-state index contributed by atoms with van der Waals surface area (Å²) in [6, 6.07) is 15.1. The third-order valence-corrected chi connectivity index (χ3v) is 5.30. The summed E-state index contributed by atoms with van der Waals surface area (Å²) in [5, 5.41) is 3.00. The van der Waals surface area contributed by atoms with Gasteiger partial charge in [-0.25, -0.2) is 13.8 Å². The molecule has 164 valence electrons. The molecule has 1 aromatic heterocycles. The fourth-order valence-corrected chi connectivity index (χ4v) is 3.68. The molecule has 0 atom stereocenters. The minimum Gasteiger partial charge on any atom is -0.339 e. The van der Waals surface area contributed by atoms with E-state index in [-0.39, 0.29) is 17.4 Å². The number of pyridine rings is 1. The third kappa shape index (κ3) is 4.74. The van der Waals surface area contributed by atoms with Crippen molar-refractivity contribution >= 4 is 23.3 Å². The summed E-state index contributed by atoms with van der Waals surface area (Å²) in [6.45, 7) is 1.49. The monoisotopic (exact) mass is 436 g/mol. The molecule has 4 rings (SSSR count). The van der Waals surface area contributed by atoms with Gasteiger partial charge < -0.3 is 15.1 Å². The number of aromatic nitrogens is 1. The van der Waals surface area contributed by atoms with Crippen LogP contribution in [0.4, 0.5) is 20.3 Å². The highest BCUT2D eigenvalue weighted by atomic mass is 19.1. The Labute approximate surface area is 184 Å². The van der Waals surface area contributed by atoms with E-state index in [1.54, 1.807) is 46.3 Å². The summed E-state index contributed by atoms with van der Waals surface area (Å²) in [7, 11) is 0. The molecule has 0 spiro atoms. The molecule has 0 saturated carbocycles. The van der Waals surface area contributed by atoms with Crippen molar-refractivity contribution in [2.45, 2.75) is 6.42 Å². The van der Waals surface area contributed by atoms with Crippen molar-refractivity contribution in [1.29, 1.82) is 0 Å². The van der Waals surface area contributed by atoms with E-state index in [1.807, 2.05) is 0 Å². The molecule has 1 N–H and O–H groups in total. The first-order valence-electron chi connectivity index (χ1n) is 10.3. The number of nitrogens with zero attached hydrogens (tertiary/aromatic N) is 3. The second-order valence-corrected chi connectivity index (χ2v) is 7.45. The van der Waals surface area contributed by atoms with Gasteiger partial charge in [0.1, 0.15) is 17.5 Å². The van der Waals surface area contributed by atoms with E-state index in [4.69, 9.17) is 0 Å². The predicted octanol–water partition coefficient (Wildman–Crippen LogP) is 4.09. The molecule has 0 unspecified atom stereocenters. The van der Waals surface area contributed by atoms with Crippen LogP contribution >= 0.6 is 0 Å². The van der Waals surface area contributed by atoms with Gasteiger partial charge in [0.05, 0.1) is 11.1 Å². The summed E-state index contributed by atoms with van der Waals surface area (Å²) in [5.74, 6) is -1.25. The molecule has 1 aliphatic rings. The Balaban J connectivity index is 1.48. The van der Waals surface area contributed by atoms with Crippen molar-refractivity contribution in [2.75, 3.05) is 31.5 Å². The fourth-order valence-electron chi connectivity index (χ4n) is 3.68. The van der Waals surface area contributed by atoms with Crippen molar-refractivity contribution in [2.24, 2.45) is 0 Å². The number of hydrogen-bond acceptors (Lipinski definition) is 4. The molecule has 1 fully saturated rings. The molecule has 1 saturated heterocycles. The number of carbonyl (C=O) groups excluding carboxylic acids is 2. The van der Waals surface area contributed by atoms with Gasteiger partial charge in [-0.3, -0.25) is 9.59 Å². The van der Waals surface area contributed by atoms with Gasteiger partial charge in [0.15, 0.2) is 0 Å². The second kappa shape index (κ2) is 9.55. The molecule has 0 radical (unpaired) electrons. The van der Waals surface area contributed by atoms with Crippen LogP contribution in [-0.4, -0.2) is 52.8 Å². The lowest BCUT2D eigenvalue weighted by Gasteiger charge is -2.23. The van der Waals surface area contributed by atoms with Crippen LogP contribution in [0.15, 0.2) is 66.9 Å². The minimum absolute atomic E-state index is 0.0288. The number of anilines is 2. The number of benzene rings is 2. The van der Waals surface area contributed by atoms with Crippen LogP contribution < -0.4 is 5.32 Å². The van der Waals surface area contributed by atoms with Crippen molar-refractivity contribution in [1.82, 2.24) is 14.8 Å². The summed E-state index contributed by atoms with van der Waals surface area (Å²) < 4.78 is 27.5. The quantitative estimate of drug-likeness (QED) is 0.669. The van der Waals surface area contributed by atoms with E-state index in [0.29, 0.717) is 49.7 Å². The molecule has 8 heteroatoms. The van der Waals surface area contributed by atoms with Gasteiger partial charge in [0.2, 0.25) is 0 Å². The Hall–Kier alpha value is -3.81. The molecule has 2 heterocycles. The van der Waals surface area contributed by atoms with Gasteiger partial charge in [0, 0.05) is 38.1 Å². The summed E-state index contributed by atoms with van der Waals surface area (Å²) in [6.07, 6.45) is 2.12. The standard InChI is InChI=1S/C24H22F2N4O2/c25-17-6-3-7-18(16-17)28-22-20(9-4-11-27-22)24(32)30-13-5-12-29(14-15-30)23(31)19-8-1-2-10-21(19)26/h1-4,6-11,16H,5,12-15H2,(H,27,28). The Morgan fingerprint density at radius 1 is 0.812 bits per heavy atom. The lowest BCUT2D eigenvalue weighted by molar-refractivity contribution is 0.0716. The van der Waals surface area contributed by atoms with E-state index < -0.39 is 11.6 Å². The number of hydrogen-bond donors (Lipinski definition) is 1. The average Bonchev–Trinajstić information content (AvgIpc) is 3.05. The maximum atomic E-state index is 14.0. The van der Waals surface area contributed by atoms with Crippen LogP contribution in [0.5, 0.6) is 0 Å². The Morgan fingerprint density at radius 2 is 1.50 bits per heavy atom. The van der Waals surface area contributed by atoms with Gasteiger partial charge >= 0.3 is 0 Å². The van der Waals surface area contributed by atoms with Gasteiger partial charge in [-0.2, -0.15) is 0 Å². The third-order valence-electron chi connectivity index (χ3n) is 5.30. The molecule has 6 nitrogen and oxygen atoms in total. The summed E-state index contributed by atoms with van der Waals surface area (Å²) >= 11 is 0. The zero-order chi connectivity index (χ0) is 22.5. The van der Waals surface area contributed by atoms with Crippen molar-refractivity contribution in [3.63, 3.8) is 0 Å². The number of halogens is 2. The number of carbonyl (C=O) groups is 2. The van der Waals surface area contributed by atoms with Gasteiger partial charge in [-0.15, -0.1) is 0 Å². The van der Waals surface area contributed by atoms with E-state index in [1.165, 1.54) is 30.3 Å². The molecule has 1 aliphatic heterocycles. The molecule has 0 bridgehead atoms. The highest BCUT2D eigenvalue weighted by Gasteiger charge is 2.26. The Bertz CT molecular complexity index is 1140. The summed E-state index contributed by atoms with van der Waals surface area (Å²) in [5.41, 5.74) is 0.863. The van der Waals surface area contributed by atoms with Crippen LogP contribution in [0, 0.1) is 11.6 Å². The van der Waals surface area contributed by atoms with E-state index >= 15 is 0 Å². The highest BCUT2D eigenvalue weighted by Crippen LogP contribution is 2.21. The molecule has 3 aromatic rings. The van der Waals surface area contributed by atoms with Crippen LogP contribution in [0.1, 0.15) is 27.1 Å². The summed E-state index contributed by atoms with van der Waals surface area (Å²) in [4.78, 5) is 33.4. The van der Waals surface area contributed by atoms with E-state index in [2.05, 4.69) is 10.3 Å². The average molecular weight is 436 g/mol. The topological polar surface area (TPSA) is 65.5 Å². The largest absolute Gasteiger partial charge is 0.339 e. The van der Waals surface area contributed by atoms with Gasteiger partial charge in [-0.1, -0.05) is 18.2 Å². The zero-order valence-electron chi connectivity index (χ0n) is 17.3. The molecular formula is C24H22F2N4O2. The van der Waals surface area contributed by atoms with E-state index in [0.717, 1.165) is 0 Å². The fraction of sp³-hybridized carbons (Fsp3) is 0.208. The van der Waals surface area contributed by atoms with Crippen molar-refractivity contribution in [3.05, 3.63) is 89.6 Å². The normalized spacial score (nSPS) is 14.1. The molecule has 2 amide bonds. The van der Waals surface area contributed by atoms with Gasteiger partial charge in [0.25, 0.3) is 11.8 Å². The number of rotatable bonds is 4. The Morgan fingerprint density at radius 3 is 2.22 bits per heavy atom. The molecule has 0 aliphatic carbocycles. The molecule has 2 aromatic carbocycles. The maximum Gasteiger partial charge on any atom is 0.257 e. The first kappa shape index (κ1) is 21.4. The van der Waals surface area contributed by atoms with Crippen molar-refractivity contribution < 1.29 is 18.4 Å². The smallest absolute Gasteiger partial charge is 0.257 e. The van der Waals surface area contributed by atoms with E-state index in [9.17, 15) is 18.4 Å².